The Morgan fingerprint density at radius 3 is 2.28 bits per heavy atom. The topological polar surface area (TPSA) is 93.1 Å². The van der Waals surface area contributed by atoms with Gasteiger partial charge in [0.1, 0.15) is 11.6 Å². The van der Waals surface area contributed by atoms with Gasteiger partial charge in [-0.2, -0.15) is 0 Å². The first-order valence-electron chi connectivity index (χ1n) is 13.6. The van der Waals surface area contributed by atoms with Crippen LogP contribution in [0.25, 0.3) is 22.4 Å². The molecule has 0 saturated heterocycles. The third-order valence-corrected chi connectivity index (χ3v) is 7.48. The van der Waals surface area contributed by atoms with Crippen molar-refractivity contribution >= 4 is 35.0 Å². The van der Waals surface area contributed by atoms with E-state index in [1.807, 2.05) is 66.7 Å². The lowest BCUT2D eigenvalue weighted by molar-refractivity contribution is -0.122. The average Bonchev–Trinajstić information content (AvgIpc) is 3.03. The van der Waals surface area contributed by atoms with Gasteiger partial charge in [0.2, 0.25) is 5.91 Å². The highest BCUT2D eigenvalue weighted by atomic mass is 35.5. The number of halogens is 2. The minimum Gasteiger partial charge on any atom is -0.357 e. The van der Waals surface area contributed by atoms with Crippen molar-refractivity contribution in [2.45, 2.75) is 19.0 Å². The highest BCUT2D eigenvalue weighted by Crippen LogP contribution is 2.26. The largest absolute Gasteiger partial charge is 0.357 e. The fourth-order valence-electron chi connectivity index (χ4n) is 4.82. The maximum Gasteiger partial charge on any atom is 0.263 e. The Morgan fingerprint density at radius 1 is 0.860 bits per heavy atom. The molecule has 5 rings (SSSR count). The summed E-state index contributed by atoms with van der Waals surface area (Å²) in [5, 5.41) is 6.16. The second-order valence-electron chi connectivity index (χ2n) is 9.93. The zero-order valence-electron chi connectivity index (χ0n) is 23.3. The first kappa shape index (κ1) is 29.8. The number of nitrogens with one attached hydrogen (secondary N) is 2. The van der Waals surface area contributed by atoms with Crippen LogP contribution in [0, 0.1) is 0 Å². The van der Waals surface area contributed by atoms with Crippen molar-refractivity contribution in [1.29, 1.82) is 0 Å². The van der Waals surface area contributed by atoms with E-state index in [0.717, 1.165) is 33.5 Å². The lowest BCUT2D eigenvalue weighted by Crippen LogP contribution is -2.48. The van der Waals surface area contributed by atoms with Gasteiger partial charge >= 0.3 is 0 Å². The lowest BCUT2D eigenvalue weighted by atomic mass is 9.95. The molecule has 43 heavy (non-hydrogen) atoms. The van der Waals surface area contributed by atoms with E-state index in [9.17, 15) is 14.4 Å². The predicted octanol–water partition coefficient (Wildman–Crippen LogP) is 6.02. The van der Waals surface area contributed by atoms with Gasteiger partial charge in [-0.3, -0.25) is 19.4 Å². The van der Waals surface area contributed by atoms with E-state index in [1.165, 1.54) is 23.9 Å². The molecule has 3 aromatic carbocycles. The van der Waals surface area contributed by atoms with Gasteiger partial charge in [0.25, 0.3) is 11.5 Å². The molecule has 2 aromatic heterocycles. The molecule has 7 nitrogen and oxygen atoms in total. The quantitative estimate of drug-likeness (QED) is 0.213. The molecule has 2 amide bonds. The maximum atomic E-state index is 13.4. The van der Waals surface area contributed by atoms with Crippen LogP contribution in [0.2, 0.25) is 10.0 Å². The molecule has 5 aromatic rings. The van der Waals surface area contributed by atoms with Crippen molar-refractivity contribution in [1.82, 2.24) is 20.2 Å². The Bertz CT molecular complexity index is 1810. The summed E-state index contributed by atoms with van der Waals surface area (Å²) in [5.74, 6) is -1.10. The van der Waals surface area contributed by atoms with Gasteiger partial charge in [0, 0.05) is 42.0 Å². The number of pyridine rings is 2. The molecule has 216 valence electrons. The number of carbonyl (C=O) groups is 2. The monoisotopic (exact) mass is 610 g/mol. The number of carbonyl (C=O) groups excluding carboxylic acids is 2. The maximum absolute atomic E-state index is 13.4. The second-order valence-corrected chi connectivity index (χ2v) is 10.8. The van der Waals surface area contributed by atoms with Gasteiger partial charge in [-0.05, 0) is 41.0 Å². The van der Waals surface area contributed by atoms with Gasteiger partial charge in [0.05, 0.1) is 17.3 Å². The van der Waals surface area contributed by atoms with Crippen LogP contribution in [-0.2, 0) is 17.8 Å². The molecule has 0 spiro atoms. The fraction of sp³-hybridized carbons (Fsp3) is 0.118. The molecule has 0 bridgehead atoms. The van der Waals surface area contributed by atoms with E-state index in [-0.39, 0.29) is 23.6 Å². The van der Waals surface area contributed by atoms with E-state index in [1.54, 1.807) is 30.5 Å². The molecular weight excluding hydrogens is 583 g/mol. The molecule has 2 heterocycles. The van der Waals surface area contributed by atoms with Gasteiger partial charge in [0.15, 0.2) is 0 Å². The summed E-state index contributed by atoms with van der Waals surface area (Å²) in [6, 6.07) is 28.8. The van der Waals surface area contributed by atoms with Crippen molar-refractivity contribution in [3.63, 3.8) is 0 Å². The number of likely N-dealkylation sites (N-methyl/N-ethyl adjacent to an activating group) is 1. The van der Waals surface area contributed by atoms with Crippen molar-refractivity contribution in [2.75, 3.05) is 7.05 Å². The summed E-state index contributed by atoms with van der Waals surface area (Å²) >= 11 is 12.3. The highest BCUT2D eigenvalue weighted by molar-refractivity contribution is 6.31. The van der Waals surface area contributed by atoms with Crippen LogP contribution in [0.4, 0.5) is 0 Å². The summed E-state index contributed by atoms with van der Waals surface area (Å²) in [7, 11) is 1.50. The molecule has 9 heteroatoms. The third-order valence-electron chi connectivity index (χ3n) is 7.02. The van der Waals surface area contributed by atoms with Gasteiger partial charge in [-0.15, -0.1) is 0 Å². The van der Waals surface area contributed by atoms with Crippen molar-refractivity contribution in [3.8, 4) is 22.4 Å². The number of benzene rings is 3. The second kappa shape index (κ2) is 13.5. The number of hydrogen-bond acceptors (Lipinski definition) is 4. The van der Waals surface area contributed by atoms with E-state index < -0.39 is 23.4 Å². The molecule has 0 aliphatic carbocycles. The van der Waals surface area contributed by atoms with Crippen LogP contribution < -0.4 is 16.2 Å². The van der Waals surface area contributed by atoms with Gasteiger partial charge in [-0.25, -0.2) is 0 Å². The number of amides is 2. The normalized spacial score (nSPS) is 11.5. The van der Waals surface area contributed by atoms with Crippen LogP contribution in [0.5, 0.6) is 0 Å². The van der Waals surface area contributed by atoms with E-state index in [0.29, 0.717) is 5.02 Å². The number of hydrogen-bond donors (Lipinski definition) is 2. The molecule has 1 atom stereocenters. The Hall–Kier alpha value is -4.72. The van der Waals surface area contributed by atoms with E-state index >= 15 is 0 Å². The zero-order chi connectivity index (χ0) is 30.3. The van der Waals surface area contributed by atoms with Crippen molar-refractivity contribution < 1.29 is 9.59 Å². The molecular formula is C34H28Cl2N4O3. The summed E-state index contributed by atoms with van der Waals surface area (Å²) in [6.45, 7) is 0.195. The standard InChI is InChI=1S/C34H28Cl2N4O3/c1-37-33(42)31(39-32(41)29-18-27(36)21-40(34(29)43)20-22-11-14-26(35)15-12-22)17-24-9-5-6-10-28(24)25-13-16-30(38-19-25)23-7-3-2-4-8-23/h2-16,18-19,21,31H,17,20H2,1H3,(H,37,42)(H,39,41)/t31-/m0/s1. The Labute approximate surface area is 259 Å². The Morgan fingerprint density at radius 2 is 1.58 bits per heavy atom. The Kier molecular flexibility index (Phi) is 9.35. The van der Waals surface area contributed by atoms with Gasteiger partial charge in [-0.1, -0.05) is 96.0 Å². The predicted molar refractivity (Wildman–Crippen MR) is 170 cm³/mol. The molecule has 0 unspecified atom stereocenters. The smallest absolute Gasteiger partial charge is 0.263 e. The number of rotatable bonds is 9. The number of nitrogens with zero attached hydrogens (tertiary/aromatic N) is 2. The molecule has 0 aliphatic heterocycles. The lowest BCUT2D eigenvalue weighted by Gasteiger charge is -2.20. The van der Waals surface area contributed by atoms with Crippen LogP contribution in [0.15, 0.2) is 114 Å². The van der Waals surface area contributed by atoms with Crippen LogP contribution in [-0.4, -0.2) is 34.5 Å². The molecule has 2 N–H and O–H groups in total. The minimum atomic E-state index is -0.960. The van der Waals surface area contributed by atoms with Crippen LogP contribution >= 0.6 is 23.2 Å². The molecule has 0 saturated carbocycles. The molecule has 0 aliphatic rings. The van der Waals surface area contributed by atoms with Crippen LogP contribution in [0.3, 0.4) is 0 Å². The first-order valence-corrected chi connectivity index (χ1v) is 14.3. The summed E-state index contributed by atoms with van der Waals surface area (Å²) in [4.78, 5) is 44.3. The summed E-state index contributed by atoms with van der Waals surface area (Å²) < 4.78 is 1.36. The highest BCUT2D eigenvalue weighted by Gasteiger charge is 2.24. The number of aromatic nitrogens is 2. The van der Waals surface area contributed by atoms with E-state index in [2.05, 4.69) is 15.6 Å². The van der Waals surface area contributed by atoms with Crippen LogP contribution in [0.1, 0.15) is 21.5 Å². The Balaban J connectivity index is 1.39. The summed E-state index contributed by atoms with van der Waals surface area (Å²) in [6.07, 6.45) is 3.45. The zero-order valence-corrected chi connectivity index (χ0v) is 24.8. The average molecular weight is 612 g/mol. The van der Waals surface area contributed by atoms with E-state index in [4.69, 9.17) is 23.2 Å². The summed E-state index contributed by atoms with van der Waals surface area (Å²) in [5.41, 5.74) is 4.56. The van der Waals surface area contributed by atoms with Crippen molar-refractivity contribution in [2.24, 2.45) is 0 Å². The first-order chi connectivity index (χ1) is 20.8. The van der Waals surface area contributed by atoms with Gasteiger partial charge < -0.3 is 15.2 Å². The van der Waals surface area contributed by atoms with Crippen molar-refractivity contribution in [3.05, 3.63) is 147 Å². The fourth-order valence-corrected chi connectivity index (χ4v) is 5.17. The minimum absolute atomic E-state index is 0.163. The molecule has 0 fully saturated rings. The molecule has 0 radical (unpaired) electrons. The SMILES string of the molecule is CNC(=O)[C@H](Cc1ccccc1-c1ccc(-c2ccccc2)nc1)NC(=O)c1cc(Cl)cn(Cc2ccc(Cl)cc2)c1=O. The third kappa shape index (κ3) is 7.20.